The number of ether oxygens (including phenoxy) is 1. The van der Waals surface area contributed by atoms with Crippen LogP contribution in [0.4, 0.5) is 0 Å². The molecule has 0 saturated carbocycles. The lowest BCUT2D eigenvalue weighted by Gasteiger charge is -2.01. The van der Waals surface area contributed by atoms with Crippen molar-refractivity contribution in [2.45, 2.75) is 12.8 Å². The number of hydrogen-bond donors (Lipinski definition) is 0. The molecule has 0 aromatic heterocycles. The van der Waals surface area contributed by atoms with E-state index in [-0.39, 0.29) is 0 Å². The van der Waals surface area contributed by atoms with Crippen LogP contribution in [0.25, 0.3) is 0 Å². The van der Waals surface area contributed by atoms with E-state index >= 15 is 0 Å². The van der Waals surface area contributed by atoms with Gasteiger partial charge in [-0.25, -0.2) is 0 Å². The second-order valence-corrected chi connectivity index (χ2v) is 2.44. The fraction of sp³-hybridized carbons (Fsp3) is 0.273. The Morgan fingerprint density at radius 1 is 1.42 bits per heavy atom. The molecule has 0 fully saturated rings. The molecular formula is C11H16O. The smallest absolute Gasteiger partial charge is 0.118 e. The zero-order valence-electron chi connectivity index (χ0n) is 7.68. The van der Waals surface area contributed by atoms with Crippen molar-refractivity contribution >= 4 is 0 Å². The van der Waals surface area contributed by atoms with Crippen LogP contribution >= 0.6 is 0 Å². The first-order valence-corrected chi connectivity index (χ1v) is 3.91. The summed E-state index contributed by atoms with van der Waals surface area (Å²) in [4.78, 5) is 0. The first-order chi connectivity index (χ1) is 5.74. The van der Waals surface area contributed by atoms with Gasteiger partial charge < -0.3 is 4.74 Å². The van der Waals surface area contributed by atoms with E-state index in [2.05, 4.69) is 19.7 Å². The highest BCUT2D eigenvalue weighted by Gasteiger charge is 1.91. The van der Waals surface area contributed by atoms with Gasteiger partial charge in [-0.1, -0.05) is 24.8 Å². The first-order valence-electron chi connectivity index (χ1n) is 3.91. The molecule has 0 aliphatic rings. The zero-order valence-corrected chi connectivity index (χ0v) is 7.68. The van der Waals surface area contributed by atoms with Gasteiger partial charge in [0.2, 0.25) is 0 Å². The van der Waals surface area contributed by atoms with Gasteiger partial charge in [-0.15, -0.1) is 6.58 Å². The molecule has 0 unspecified atom stereocenters. The Balaban J connectivity index is 4.01. The Hall–Kier alpha value is -1.24. The average molecular weight is 164 g/mol. The van der Waals surface area contributed by atoms with E-state index in [1.807, 2.05) is 12.2 Å². The van der Waals surface area contributed by atoms with E-state index in [9.17, 15) is 0 Å². The molecule has 0 aromatic carbocycles. The highest BCUT2D eigenvalue weighted by Crippen LogP contribution is 2.08. The lowest BCUT2D eigenvalue weighted by Crippen LogP contribution is -1.83. The van der Waals surface area contributed by atoms with Gasteiger partial charge >= 0.3 is 0 Å². The monoisotopic (exact) mass is 164 g/mol. The third kappa shape index (κ3) is 4.56. The quantitative estimate of drug-likeness (QED) is 0.333. The Kier molecular flexibility index (Phi) is 5.80. The molecule has 0 aromatic rings. The second-order valence-electron chi connectivity index (χ2n) is 2.44. The number of methoxy groups -OCH3 is 1. The molecule has 12 heavy (non-hydrogen) atoms. The molecule has 0 atom stereocenters. The second kappa shape index (κ2) is 6.47. The predicted molar refractivity (Wildman–Crippen MR) is 53.9 cm³/mol. The van der Waals surface area contributed by atoms with Crippen LogP contribution in [0.2, 0.25) is 0 Å². The Morgan fingerprint density at radius 3 is 2.50 bits per heavy atom. The molecule has 0 bridgehead atoms. The van der Waals surface area contributed by atoms with Crippen molar-refractivity contribution in [1.82, 2.24) is 0 Å². The zero-order chi connectivity index (χ0) is 9.40. The molecule has 0 aliphatic heterocycles. The molecule has 66 valence electrons. The molecule has 0 spiro atoms. The molecule has 0 radical (unpaired) electrons. The molecule has 0 saturated heterocycles. The highest BCUT2D eigenvalue weighted by atomic mass is 16.5. The van der Waals surface area contributed by atoms with Crippen molar-refractivity contribution in [2.24, 2.45) is 0 Å². The largest absolute Gasteiger partial charge is 0.497 e. The van der Waals surface area contributed by atoms with Crippen LogP contribution in [0, 0.1) is 0 Å². The minimum absolute atomic E-state index is 0.754. The third-order valence-corrected chi connectivity index (χ3v) is 1.45. The Labute approximate surface area is 74.7 Å². The average Bonchev–Trinajstić information content (AvgIpc) is 2.10. The molecule has 1 nitrogen and oxygen atoms in total. The van der Waals surface area contributed by atoms with Gasteiger partial charge in [0.1, 0.15) is 5.76 Å². The fourth-order valence-corrected chi connectivity index (χ4v) is 0.762. The Morgan fingerprint density at radius 2 is 2.08 bits per heavy atom. The van der Waals surface area contributed by atoms with Gasteiger partial charge in [0.05, 0.1) is 7.11 Å². The van der Waals surface area contributed by atoms with E-state index in [0.717, 1.165) is 24.2 Å². The van der Waals surface area contributed by atoms with Crippen LogP contribution in [0.15, 0.2) is 49.3 Å². The molecule has 0 N–H and O–H groups in total. The summed E-state index contributed by atoms with van der Waals surface area (Å²) in [6.07, 6.45) is 7.29. The van der Waals surface area contributed by atoms with Crippen LogP contribution in [0.1, 0.15) is 12.8 Å². The summed E-state index contributed by atoms with van der Waals surface area (Å²) in [5, 5.41) is 0. The summed E-state index contributed by atoms with van der Waals surface area (Å²) in [6.45, 7) is 11.1. The van der Waals surface area contributed by atoms with E-state index in [0.29, 0.717) is 0 Å². The van der Waals surface area contributed by atoms with Gasteiger partial charge in [0, 0.05) is 0 Å². The van der Waals surface area contributed by atoms with Crippen molar-refractivity contribution in [3.63, 3.8) is 0 Å². The van der Waals surface area contributed by atoms with Crippen LogP contribution in [-0.4, -0.2) is 7.11 Å². The number of rotatable bonds is 6. The summed E-state index contributed by atoms with van der Waals surface area (Å²) >= 11 is 0. The summed E-state index contributed by atoms with van der Waals surface area (Å²) < 4.78 is 5.01. The van der Waals surface area contributed by atoms with Crippen LogP contribution in [0.3, 0.4) is 0 Å². The van der Waals surface area contributed by atoms with Gasteiger partial charge in [-0.05, 0) is 25.0 Å². The maximum atomic E-state index is 5.01. The number of hydrogen-bond acceptors (Lipinski definition) is 1. The van der Waals surface area contributed by atoms with Crippen molar-refractivity contribution in [2.75, 3.05) is 7.11 Å². The normalized spacial score (nSPS) is 10.6. The third-order valence-electron chi connectivity index (χ3n) is 1.45. The SMILES string of the molecule is C=CCCC(=C)/C=C(\C=C)OC. The standard InChI is InChI=1S/C11H16O/c1-5-7-8-10(3)9-11(6-2)12-4/h5-6,9H,1-3,7-8H2,4H3/b11-9+. The Bertz CT molecular complexity index is 199. The van der Waals surface area contributed by atoms with Gasteiger partial charge in [-0.3, -0.25) is 0 Å². The molecule has 0 aliphatic carbocycles. The maximum Gasteiger partial charge on any atom is 0.118 e. The van der Waals surface area contributed by atoms with E-state index in [1.54, 1.807) is 13.2 Å². The lowest BCUT2D eigenvalue weighted by molar-refractivity contribution is 0.306. The van der Waals surface area contributed by atoms with E-state index in [1.165, 1.54) is 0 Å². The first kappa shape index (κ1) is 10.8. The molecule has 1 heteroatoms. The number of allylic oxidation sites excluding steroid dienone is 4. The molecule has 0 amide bonds. The van der Waals surface area contributed by atoms with E-state index < -0.39 is 0 Å². The van der Waals surface area contributed by atoms with Gasteiger partial charge in [0.25, 0.3) is 0 Å². The minimum Gasteiger partial charge on any atom is -0.497 e. The van der Waals surface area contributed by atoms with Gasteiger partial charge in [-0.2, -0.15) is 0 Å². The lowest BCUT2D eigenvalue weighted by atomic mass is 10.1. The van der Waals surface area contributed by atoms with E-state index in [4.69, 9.17) is 4.74 Å². The van der Waals surface area contributed by atoms with Crippen LogP contribution < -0.4 is 0 Å². The van der Waals surface area contributed by atoms with Crippen LogP contribution in [-0.2, 0) is 4.74 Å². The highest BCUT2D eigenvalue weighted by molar-refractivity contribution is 5.23. The summed E-state index contributed by atoms with van der Waals surface area (Å²) in [5.74, 6) is 0.754. The summed E-state index contributed by atoms with van der Waals surface area (Å²) in [5.41, 5.74) is 1.03. The maximum absolute atomic E-state index is 5.01. The molecule has 0 rings (SSSR count). The minimum atomic E-state index is 0.754. The van der Waals surface area contributed by atoms with Crippen molar-refractivity contribution in [3.8, 4) is 0 Å². The van der Waals surface area contributed by atoms with Gasteiger partial charge in [0.15, 0.2) is 0 Å². The molecular weight excluding hydrogens is 148 g/mol. The van der Waals surface area contributed by atoms with Crippen molar-refractivity contribution < 1.29 is 4.74 Å². The van der Waals surface area contributed by atoms with Crippen molar-refractivity contribution in [1.29, 1.82) is 0 Å². The summed E-state index contributed by atoms with van der Waals surface area (Å²) in [6, 6.07) is 0. The summed E-state index contributed by atoms with van der Waals surface area (Å²) in [7, 11) is 1.62. The fourth-order valence-electron chi connectivity index (χ4n) is 0.762. The predicted octanol–water partition coefficient (Wildman–Crippen LogP) is 3.23. The topological polar surface area (TPSA) is 9.23 Å². The van der Waals surface area contributed by atoms with Crippen LogP contribution in [0.5, 0.6) is 0 Å². The molecule has 0 heterocycles. The van der Waals surface area contributed by atoms with Crippen molar-refractivity contribution in [3.05, 3.63) is 49.3 Å².